The van der Waals surface area contributed by atoms with E-state index in [9.17, 15) is 4.79 Å². The van der Waals surface area contributed by atoms with E-state index in [2.05, 4.69) is 0 Å². The summed E-state index contributed by atoms with van der Waals surface area (Å²) in [6, 6.07) is 5.79. The molecule has 0 bridgehead atoms. The van der Waals surface area contributed by atoms with Crippen LogP contribution in [0.3, 0.4) is 0 Å². The summed E-state index contributed by atoms with van der Waals surface area (Å²) in [6.07, 6.45) is 2.80. The van der Waals surface area contributed by atoms with Crippen LogP contribution in [0.2, 0.25) is 0 Å². The highest BCUT2D eigenvalue weighted by Crippen LogP contribution is 2.46. The van der Waals surface area contributed by atoms with Crippen molar-refractivity contribution in [2.45, 2.75) is 32.0 Å². The summed E-state index contributed by atoms with van der Waals surface area (Å²) in [4.78, 5) is 11.6. The van der Waals surface area contributed by atoms with Gasteiger partial charge in [-0.1, -0.05) is 6.07 Å². The Morgan fingerprint density at radius 2 is 2.44 bits per heavy atom. The molecule has 3 rings (SSSR count). The van der Waals surface area contributed by atoms with Gasteiger partial charge in [-0.3, -0.25) is 0 Å². The number of rotatable bonds is 2. The summed E-state index contributed by atoms with van der Waals surface area (Å²) in [5.41, 5.74) is 3.15. The molecular weight excluding hydrogens is 204 g/mol. The lowest BCUT2D eigenvalue weighted by molar-refractivity contribution is 0.0526. The van der Waals surface area contributed by atoms with Crippen LogP contribution in [0.5, 0.6) is 0 Å². The van der Waals surface area contributed by atoms with Crippen LogP contribution in [0.15, 0.2) is 18.2 Å². The maximum atomic E-state index is 11.6. The number of fused-ring (bicyclic) bond motifs is 3. The fourth-order valence-electron chi connectivity index (χ4n) is 2.37. The standard InChI is InChI=1S/C13H14O3/c1-2-15-13(14)9-3-5-10-8(7-9)4-6-11-12(10)16-11/h3,5,7,11-12H,2,4,6H2,1H3. The van der Waals surface area contributed by atoms with Gasteiger partial charge in [0.2, 0.25) is 0 Å². The van der Waals surface area contributed by atoms with Gasteiger partial charge < -0.3 is 9.47 Å². The van der Waals surface area contributed by atoms with E-state index in [1.807, 2.05) is 25.1 Å². The van der Waals surface area contributed by atoms with E-state index in [0.29, 0.717) is 24.4 Å². The molecule has 0 radical (unpaired) electrons. The van der Waals surface area contributed by atoms with E-state index >= 15 is 0 Å². The second-order valence-corrected chi connectivity index (χ2v) is 4.27. The lowest BCUT2D eigenvalue weighted by Gasteiger charge is -2.12. The second-order valence-electron chi connectivity index (χ2n) is 4.27. The molecular formula is C13H14O3. The molecule has 1 fully saturated rings. The van der Waals surface area contributed by atoms with Crippen LogP contribution in [-0.2, 0) is 15.9 Å². The molecule has 2 unspecified atom stereocenters. The summed E-state index contributed by atoms with van der Waals surface area (Å²) >= 11 is 0. The van der Waals surface area contributed by atoms with Gasteiger partial charge in [0.1, 0.15) is 6.10 Å². The third kappa shape index (κ3) is 1.52. The molecule has 1 aromatic rings. The molecule has 1 saturated heterocycles. The molecule has 0 saturated carbocycles. The van der Waals surface area contributed by atoms with Gasteiger partial charge in [0.15, 0.2) is 0 Å². The van der Waals surface area contributed by atoms with E-state index in [1.165, 1.54) is 11.1 Å². The molecule has 2 aliphatic rings. The van der Waals surface area contributed by atoms with Gasteiger partial charge in [-0.05, 0) is 43.0 Å². The maximum absolute atomic E-state index is 11.6. The first-order valence-electron chi connectivity index (χ1n) is 5.75. The van der Waals surface area contributed by atoms with Gasteiger partial charge in [-0.15, -0.1) is 0 Å². The van der Waals surface area contributed by atoms with Crippen LogP contribution in [0.1, 0.15) is 40.9 Å². The molecule has 0 spiro atoms. The first-order valence-corrected chi connectivity index (χ1v) is 5.75. The van der Waals surface area contributed by atoms with E-state index in [0.717, 1.165) is 12.8 Å². The number of ether oxygens (including phenoxy) is 2. The zero-order valence-corrected chi connectivity index (χ0v) is 9.23. The molecule has 2 atom stereocenters. The van der Waals surface area contributed by atoms with Gasteiger partial charge in [0.05, 0.1) is 18.3 Å². The number of carbonyl (C=O) groups is 1. The van der Waals surface area contributed by atoms with Crippen LogP contribution in [0, 0.1) is 0 Å². The highest BCUT2D eigenvalue weighted by molar-refractivity contribution is 5.89. The molecule has 0 N–H and O–H groups in total. The Hall–Kier alpha value is -1.35. The topological polar surface area (TPSA) is 38.8 Å². The first kappa shape index (κ1) is 9.85. The quantitative estimate of drug-likeness (QED) is 0.564. The third-order valence-electron chi connectivity index (χ3n) is 3.24. The van der Waals surface area contributed by atoms with E-state index < -0.39 is 0 Å². The van der Waals surface area contributed by atoms with Crippen molar-refractivity contribution in [1.29, 1.82) is 0 Å². The fraction of sp³-hybridized carbons (Fsp3) is 0.462. The van der Waals surface area contributed by atoms with Gasteiger partial charge in [0.25, 0.3) is 0 Å². The zero-order chi connectivity index (χ0) is 11.1. The van der Waals surface area contributed by atoms with E-state index in [1.54, 1.807) is 0 Å². The monoisotopic (exact) mass is 218 g/mol. The number of benzene rings is 1. The molecule has 0 aromatic heterocycles. The number of aryl methyl sites for hydroxylation is 1. The van der Waals surface area contributed by atoms with Gasteiger partial charge >= 0.3 is 5.97 Å². The molecule has 3 heteroatoms. The Morgan fingerprint density at radius 3 is 3.25 bits per heavy atom. The van der Waals surface area contributed by atoms with Crippen molar-refractivity contribution in [2.24, 2.45) is 0 Å². The molecule has 1 heterocycles. The number of carbonyl (C=O) groups excluding carboxylic acids is 1. The van der Waals surface area contributed by atoms with E-state index in [-0.39, 0.29) is 5.97 Å². The number of hydrogen-bond donors (Lipinski definition) is 0. The van der Waals surface area contributed by atoms with Crippen molar-refractivity contribution < 1.29 is 14.3 Å². The summed E-state index contributed by atoms with van der Waals surface area (Å²) in [5.74, 6) is -0.232. The van der Waals surface area contributed by atoms with Crippen molar-refractivity contribution >= 4 is 5.97 Å². The summed E-state index contributed by atoms with van der Waals surface area (Å²) < 4.78 is 10.5. The number of esters is 1. The first-order chi connectivity index (χ1) is 7.79. The Labute approximate surface area is 94.4 Å². The minimum Gasteiger partial charge on any atom is -0.462 e. The minimum absolute atomic E-state index is 0.232. The average Bonchev–Trinajstić information content (AvgIpc) is 3.08. The Bertz CT molecular complexity index is 439. The van der Waals surface area contributed by atoms with Crippen LogP contribution < -0.4 is 0 Å². The van der Waals surface area contributed by atoms with Crippen molar-refractivity contribution in [3.8, 4) is 0 Å². The molecule has 3 nitrogen and oxygen atoms in total. The molecule has 84 valence electrons. The molecule has 1 aliphatic heterocycles. The SMILES string of the molecule is CCOC(=O)c1ccc2c(c1)CCC1OC21. The van der Waals surface area contributed by atoms with Crippen molar-refractivity contribution in [2.75, 3.05) is 6.61 Å². The number of epoxide rings is 1. The summed E-state index contributed by atoms with van der Waals surface area (Å²) in [6.45, 7) is 2.24. The van der Waals surface area contributed by atoms with Crippen molar-refractivity contribution in [1.82, 2.24) is 0 Å². The summed E-state index contributed by atoms with van der Waals surface area (Å²) in [7, 11) is 0. The Morgan fingerprint density at radius 1 is 1.56 bits per heavy atom. The fourth-order valence-corrected chi connectivity index (χ4v) is 2.37. The number of hydrogen-bond acceptors (Lipinski definition) is 3. The summed E-state index contributed by atoms with van der Waals surface area (Å²) in [5, 5.41) is 0. The average molecular weight is 218 g/mol. The lowest BCUT2D eigenvalue weighted by atomic mass is 9.90. The van der Waals surface area contributed by atoms with Gasteiger partial charge in [-0.25, -0.2) is 4.79 Å². The van der Waals surface area contributed by atoms with Crippen LogP contribution >= 0.6 is 0 Å². The highest BCUT2D eigenvalue weighted by Gasteiger charge is 2.43. The van der Waals surface area contributed by atoms with Gasteiger partial charge in [-0.2, -0.15) is 0 Å². The van der Waals surface area contributed by atoms with Crippen molar-refractivity contribution in [3.05, 3.63) is 34.9 Å². The second kappa shape index (κ2) is 3.59. The Kier molecular flexibility index (Phi) is 2.21. The van der Waals surface area contributed by atoms with Crippen LogP contribution in [-0.4, -0.2) is 18.7 Å². The van der Waals surface area contributed by atoms with Gasteiger partial charge in [0, 0.05) is 0 Å². The lowest BCUT2D eigenvalue weighted by Crippen LogP contribution is -2.09. The van der Waals surface area contributed by atoms with Crippen LogP contribution in [0.25, 0.3) is 0 Å². The predicted molar refractivity (Wildman–Crippen MR) is 58.3 cm³/mol. The van der Waals surface area contributed by atoms with Crippen LogP contribution in [0.4, 0.5) is 0 Å². The molecule has 1 aromatic carbocycles. The largest absolute Gasteiger partial charge is 0.462 e. The smallest absolute Gasteiger partial charge is 0.338 e. The highest BCUT2D eigenvalue weighted by atomic mass is 16.6. The molecule has 16 heavy (non-hydrogen) atoms. The molecule has 1 aliphatic carbocycles. The zero-order valence-electron chi connectivity index (χ0n) is 9.23. The third-order valence-corrected chi connectivity index (χ3v) is 3.24. The molecule has 0 amide bonds. The van der Waals surface area contributed by atoms with E-state index in [4.69, 9.17) is 9.47 Å². The maximum Gasteiger partial charge on any atom is 0.338 e. The predicted octanol–water partition coefficient (Wildman–Crippen LogP) is 2.25. The van der Waals surface area contributed by atoms with Crippen molar-refractivity contribution in [3.63, 3.8) is 0 Å². The normalized spacial score (nSPS) is 25.6. The minimum atomic E-state index is -0.232. The Balaban J connectivity index is 1.90.